The fraction of sp³-hybridized carbons (Fsp3) is 0.280. The van der Waals surface area contributed by atoms with Crippen LogP contribution in [0.25, 0.3) is 16.0 Å². The third-order valence-corrected chi connectivity index (χ3v) is 7.15. The van der Waals surface area contributed by atoms with Crippen LogP contribution >= 0.6 is 11.3 Å². The number of carbonyl (C=O) groups excluding carboxylic acids is 2. The second-order valence-electron chi connectivity index (χ2n) is 8.73. The van der Waals surface area contributed by atoms with Crippen molar-refractivity contribution >= 4 is 45.5 Å². The van der Waals surface area contributed by atoms with E-state index in [2.05, 4.69) is 15.3 Å². The maximum Gasteiger partial charge on any atom is 0.284 e. The Kier molecular flexibility index (Phi) is 6.23. The molecule has 0 radical (unpaired) electrons. The summed E-state index contributed by atoms with van der Waals surface area (Å²) in [6, 6.07) is 12.6. The van der Waals surface area contributed by atoms with Gasteiger partial charge < -0.3 is 10.2 Å². The van der Waals surface area contributed by atoms with Crippen LogP contribution in [0.4, 0.5) is 5.82 Å². The number of hydrogen-bond donors (Lipinski definition) is 1. The molecule has 3 aromatic heterocycles. The molecule has 0 bridgehead atoms. The smallest absolute Gasteiger partial charge is 0.284 e. The van der Waals surface area contributed by atoms with Crippen LogP contribution in [0, 0.1) is 12.8 Å². The fourth-order valence-electron chi connectivity index (χ4n) is 4.51. The van der Waals surface area contributed by atoms with Crippen molar-refractivity contribution in [3.8, 4) is 5.69 Å². The van der Waals surface area contributed by atoms with E-state index in [4.69, 9.17) is 4.98 Å². The van der Waals surface area contributed by atoms with Gasteiger partial charge in [-0.1, -0.05) is 18.2 Å². The molecule has 184 valence electrons. The molecule has 5 rings (SSSR count). The van der Waals surface area contributed by atoms with Crippen LogP contribution in [-0.2, 0) is 11.8 Å². The highest BCUT2D eigenvalue weighted by Crippen LogP contribution is 2.26. The predicted octanol–water partition coefficient (Wildman–Crippen LogP) is 2.34. The van der Waals surface area contributed by atoms with Gasteiger partial charge in [0.25, 0.3) is 11.5 Å². The molecule has 2 atom stereocenters. The van der Waals surface area contributed by atoms with Crippen LogP contribution in [0.1, 0.15) is 23.0 Å². The zero-order valence-corrected chi connectivity index (χ0v) is 20.9. The van der Waals surface area contributed by atoms with Crippen molar-refractivity contribution in [1.29, 1.82) is 0 Å². The van der Waals surface area contributed by atoms with Gasteiger partial charge in [-0.3, -0.25) is 19.1 Å². The van der Waals surface area contributed by atoms with Gasteiger partial charge in [-0.05, 0) is 31.2 Å². The standard InChI is InChI=1S/C25H25N7O3S/c1-15-22(25(35)32(30(15)3)18-7-5-4-6-8-18)23(34)28-20-13-31(12-17(20)11-26-16(2)33)21-10-9-19-24(29-21)36-14-27-19/h4-11,14,17,20H,12-13H2,1-3H3,(H,28,34)/t17?,20-/m1/s1. The Morgan fingerprint density at radius 2 is 1.94 bits per heavy atom. The molecule has 10 nitrogen and oxygen atoms in total. The summed E-state index contributed by atoms with van der Waals surface area (Å²) in [6.45, 7) is 4.10. The third kappa shape index (κ3) is 4.33. The first-order chi connectivity index (χ1) is 17.3. The topological polar surface area (TPSA) is 114 Å². The number of carbonyl (C=O) groups is 2. The lowest BCUT2D eigenvalue weighted by Crippen LogP contribution is -2.43. The Labute approximate surface area is 210 Å². The monoisotopic (exact) mass is 503 g/mol. The summed E-state index contributed by atoms with van der Waals surface area (Å²) < 4.78 is 3.16. The molecule has 1 saturated heterocycles. The Morgan fingerprint density at radius 1 is 1.17 bits per heavy atom. The number of hydrogen-bond acceptors (Lipinski definition) is 7. The summed E-state index contributed by atoms with van der Waals surface area (Å²) in [5, 5.41) is 3.03. The molecule has 11 heteroatoms. The van der Waals surface area contributed by atoms with Crippen LogP contribution in [0.5, 0.6) is 0 Å². The van der Waals surface area contributed by atoms with Gasteiger partial charge in [0.1, 0.15) is 21.7 Å². The minimum atomic E-state index is -0.457. The first kappa shape index (κ1) is 23.6. The number of pyridine rings is 1. The number of rotatable bonds is 5. The van der Waals surface area contributed by atoms with Gasteiger partial charge in [-0.15, -0.1) is 11.3 Å². The average Bonchev–Trinajstić information content (AvgIpc) is 3.54. The minimum absolute atomic E-state index is 0.0891. The summed E-state index contributed by atoms with van der Waals surface area (Å²) in [4.78, 5) is 54.0. The fourth-order valence-corrected chi connectivity index (χ4v) is 5.16. The third-order valence-electron chi connectivity index (χ3n) is 6.42. The van der Waals surface area contributed by atoms with Crippen LogP contribution in [-0.4, -0.2) is 56.5 Å². The van der Waals surface area contributed by atoms with Gasteiger partial charge >= 0.3 is 0 Å². The van der Waals surface area contributed by atoms with Crippen molar-refractivity contribution in [2.24, 2.45) is 18.0 Å². The molecule has 4 aromatic rings. The van der Waals surface area contributed by atoms with Crippen LogP contribution < -0.4 is 15.8 Å². The van der Waals surface area contributed by atoms with Gasteiger partial charge in [0.15, 0.2) is 0 Å². The van der Waals surface area contributed by atoms with Crippen molar-refractivity contribution in [3.63, 3.8) is 0 Å². The van der Waals surface area contributed by atoms with E-state index in [1.54, 1.807) is 30.4 Å². The number of nitrogens with one attached hydrogen (secondary N) is 1. The molecule has 1 aromatic carbocycles. The number of amides is 2. The first-order valence-electron chi connectivity index (χ1n) is 11.5. The molecule has 1 fully saturated rings. The second kappa shape index (κ2) is 9.50. The quantitative estimate of drug-likeness (QED) is 0.418. The molecular formula is C25H25N7O3S. The predicted molar refractivity (Wildman–Crippen MR) is 139 cm³/mol. The number of benzene rings is 1. The molecule has 1 N–H and O–H groups in total. The molecule has 1 aliphatic heterocycles. The number of anilines is 1. The van der Waals surface area contributed by atoms with E-state index in [-0.39, 0.29) is 29.0 Å². The van der Waals surface area contributed by atoms with Gasteiger partial charge in [0.2, 0.25) is 5.91 Å². The highest BCUT2D eigenvalue weighted by atomic mass is 32.1. The van der Waals surface area contributed by atoms with E-state index in [0.717, 1.165) is 16.2 Å². The Morgan fingerprint density at radius 3 is 2.69 bits per heavy atom. The van der Waals surface area contributed by atoms with Crippen LogP contribution in [0.2, 0.25) is 0 Å². The summed E-state index contributed by atoms with van der Waals surface area (Å²) in [6.07, 6.45) is 1.58. The van der Waals surface area contributed by atoms with Gasteiger partial charge in [-0.2, -0.15) is 0 Å². The molecule has 0 spiro atoms. The Balaban J connectivity index is 1.44. The highest BCUT2D eigenvalue weighted by Gasteiger charge is 2.35. The van der Waals surface area contributed by atoms with E-state index in [0.29, 0.717) is 24.5 Å². The van der Waals surface area contributed by atoms with Crippen molar-refractivity contribution in [2.75, 3.05) is 18.0 Å². The number of thiazole rings is 1. The summed E-state index contributed by atoms with van der Waals surface area (Å²) in [7, 11) is 1.75. The summed E-state index contributed by atoms with van der Waals surface area (Å²) in [5.41, 5.74) is 3.52. The largest absolute Gasteiger partial charge is 0.354 e. The zero-order chi connectivity index (χ0) is 25.4. The lowest BCUT2D eigenvalue weighted by molar-refractivity contribution is -0.115. The normalized spacial score (nSPS) is 17.8. The number of para-hydroxylation sites is 1. The van der Waals surface area contributed by atoms with Gasteiger partial charge in [-0.25, -0.2) is 19.6 Å². The van der Waals surface area contributed by atoms with E-state index in [9.17, 15) is 14.4 Å². The van der Waals surface area contributed by atoms with Crippen molar-refractivity contribution in [2.45, 2.75) is 19.9 Å². The Bertz CT molecular complexity index is 1540. The van der Waals surface area contributed by atoms with Crippen LogP contribution in [0.3, 0.4) is 0 Å². The lowest BCUT2D eigenvalue weighted by Gasteiger charge is -2.18. The number of nitrogens with zero attached hydrogens (tertiary/aromatic N) is 6. The molecule has 1 unspecified atom stereocenters. The minimum Gasteiger partial charge on any atom is -0.354 e. The summed E-state index contributed by atoms with van der Waals surface area (Å²) >= 11 is 1.46. The molecule has 1 aliphatic rings. The highest BCUT2D eigenvalue weighted by molar-refractivity contribution is 7.16. The SMILES string of the molecule is CC(=O)N=CC1CN(c2ccc3ncsc3n2)C[C@H]1NC(=O)c1c(C)n(C)n(-c2ccccc2)c1=O. The number of fused-ring (bicyclic) bond motifs is 1. The Hall–Kier alpha value is -4.12. The van der Waals surface area contributed by atoms with E-state index in [1.165, 1.54) is 22.9 Å². The van der Waals surface area contributed by atoms with Gasteiger partial charge in [0, 0.05) is 39.2 Å². The van der Waals surface area contributed by atoms with E-state index < -0.39 is 5.91 Å². The molecule has 0 saturated carbocycles. The number of aliphatic imine (C=N–C) groups is 1. The molecule has 4 heterocycles. The first-order valence-corrected chi connectivity index (χ1v) is 12.4. The zero-order valence-electron chi connectivity index (χ0n) is 20.1. The molecule has 36 heavy (non-hydrogen) atoms. The molecule has 2 amide bonds. The van der Waals surface area contributed by atoms with Crippen LogP contribution in [0.15, 0.2) is 57.8 Å². The second-order valence-corrected chi connectivity index (χ2v) is 9.56. The maximum atomic E-state index is 13.4. The van der Waals surface area contributed by atoms with Crippen molar-refractivity contribution in [3.05, 3.63) is 69.6 Å². The lowest BCUT2D eigenvalue weighted by atomic mass is 10.0. The summed E-state index contributed by atoms with van der Waals surface area (Å²) in [5.74, 6) is -0.252. The van der Waals surface area contributed by atoms with Gasteiger partial charge in [0.05, 0.1) is 22.9 Å². The number of aromatic nitrogens is 4. The van der Waals surface area contributed by atoms with Crippen molar-refractivity contribution < 1.29 is 9.59 Å². The average molecular weight is 504 g/mol. The molecule has 0 aliphatic carbocycles. The van der Waals surface area contributed by atoms with E-state index >= 15 is 0 Å². The maximum absolute atomic E-state index is 13.4. The van der Waals surface area contributed by atoms with E-state index in [1.807, 2.05) is 47.4 Å². The molecular weight excluding hydrogens is 478 g/mol. The van der Waals surface area contributed by atoms with Crippen molar-refractivity contribution in [1.82, 2.24) is 24.6 Å².